The zero-order valence-electron chi connectivity index (χ0n) is 14.5. The first-order valence-corrected chi connectivity index (χ1v) is 9.43. The number of piperidine rings is 1. The Bertz CT molecular complexity index is 772. The van der Waals surface area contributed by atoms with Gasteiger partial charge in [-0.1, -0.05) is 22.9 Å². The van der Waals surface area contributed by atoms with Crippen molar-refractivity contribution in [3.63, 3.8) is 0 Å². The number of benzene rings is 1. The minimum atomic E-state index is -0.440. The van der Waals surface area contributed by atoms with Gasteiger partial charge in [-0.25, -0.2) is 0 Å². The van der Waals surface area contributed by atoms with Crippen LogP contribution >= 0.6 is 15.9 Å². The van der Waals surface area contributed by atoms with Crippen molar-refractivity contribution >= 4 is 39.6 Å². The van der Waals surface area contributed by atoms with Gasteiger partial charge in [0.05, 0.1) is 11.1 Å². The summed E-state index contributed by atoms with van der Waals surface area (Å²) in [5.74, 6) is -1.12. The number of fused-ring (bicyclic) bond motifs is 1. The van der Waals surface area contributed by atoms with Crippen molar-refractivity contribution in [3.8, 4) is 0 Å². The molecular formula is C18H20BrN3O4. The number of carbonyl (C=O) groups is 4. The number of hydrogen-bond acceptors (Lipinski definition) is 4. The van der Waals surface area contributed by atoms with E-state index in [1.807, 2.05) is 0 Å². The molecule has 2 aliphatic heterocycles. The SMILES string of the molecule is CCC(=O)NC1CCN(C(=O)CN2C(=O)c3ccc(Br)cc3C2=O)CC1. The highest BCUT2D eigenvalue weighted by Crippen LogP contribution is 2.26. The fourth-order valence-corrected chi connectivity index (χ4v) is 3.61. The van der Waals surface area contributed by atoms with E-state index >= 15 is 0 Å². The van der Waals surface area contributed by atoms with Gasteiger partial charge in [0.15, 0.2) is 0 Å². The molecule has 2 heterocycles. The molecule has 7 nitrogen and oxygen atoms in total. The summed E-state index contributed by atoms with van der Waals surface area (Å²) in [5.41, 5.74) is 0.644. The van der Waals surface area contributed by atoms with E-state index in [0.717, 1.165) is 4.90 Å². The third kappa shape index (κ3) is 3.65. The van der Waals surface area contributed by atoms with Crippen LogP contribution in [0, 0.1) is 0 Å². The zero-order valence-corrected chi connectivity index (χ0v) is 16.0. The van der Waals surface area contributed by atoms with Gasteiger partial charge in [-0.3, -0.25) is 24.1 Å². The van der Waals surface area contributed by atoms with Gasteiger partial charge in [0.25, 0.3) is 11.8 Å². The highest BCUT2D eigenvalue weighted by atomic mass is 79.9. The summed E-state index contributed by atoms with van der Waals surface area (Å²) < 4.78 is 0.710. The number of imide groups is 1. The molecule has 4 amide bonds. The number of nitrogens with zero attached hydrogens (tertiary/aromatic N) is 2. The minimum absolute atomic E-state index is 0.00645. The average molecular weight is 422 g/mol. The fraction of sp³-hybridized carbons (Fsp3) is 0.444. The fourth-order valence-electron chi connectivity index (χ4n) is 3.24. The Kier molecular flexibility index (Phi) is 5.41. The third-order valence-corrected chi connectivity index (χ3v) is 5.25. The Hall–Kier alpha value is -2.22. The van der Waals surface area contributed by atoms with Crippen LogP contribution in [0.2, 0.25) is 0 Å². The van der Waals surface area contributed by atoms with Crippen molar-refractivity contribution in [1.82, 2.24) is 15.1 Å². The number of likely N-dealkylation sites (tertiary alicyclic amines) is 1. The van der Waals surface area contributed by atoms with Crippen molar-refractivity contribution in [2.45, 2.75) is 32.2 Å². The van der Waals surface area contributed by atoms with Crippen molar-refractivity contribution < 1.29 is 19.2 Å². The molecule has 0 bridgehead atoms. The predicted octanol–water partition coefficient (Wildman–Crippen LogP) is 1.56. The van der Waals surface area contributed by atoms with Crippen molar-refractivity contribution in [2.75, 3.05) is 19.6 Å². The molecule has 1 fully saturated rings. The Morgan fingerprint density at radius 2 is 1.81 bits per heavy atom. The van der Waals surface area contributed by atoms with E-state index in [1.165, 1.54) is 0 Å². The Morgan fingerprint density at radius 1 is 1.15 bits per heavy atom. The second-order valence-electron chi connectivity index (χ2n) is 6.46. The first-order valence-electron chi connectivity index (χ1n) is 8.63. The molecule has 1 saturated heterocycles. The molecule has 3 rings (SSSR count). The number of carbonyl (C=O) groups excluding carboxylic acids is 4. The number of hydrogen-bond donors (Lipinski definition) is 1. The monoisotopic (exact) mass is 421 g/mol. The topological polar surface area (TPSA) is 86.8 Å². The second kappa shape index (κ2) is 7.57. The molecule has 0 unspecified atom stereocenters. The van der Waals surface area contributed by atoms with Crippen molar-refractivity contribution in [2.24, 2.45) is 0 Å². The first kappa shape index (κ1) is 18.6. The first-order chi connectivity index (χ1) is 12.4. The second-order valence-corrected chi connectivity index (χ2v) is 7.38. The van der Waals surface area contributed by atoms with Crippen LogP contribution in [-0.2, 0) is 9.59 Å². The van der Waals surface area contributed by atoms with E-state index in [-0.39, 0.29) is 24.4 Å². The van der Waals surface area contributed by atoms with Crippen LogP contribution in [0.25, 0.3) is 0 Å². The van der Waals surface area contributed by atoms with Gasteiger partial charge in [-0.2, -0.15) is 0 Å². The lowest BCUT2D eigenvalue weighted by atomic mass is 10.0. The van der Waals surface area contributed by atoms with Crippen molar-refractivity contribution in [3.05, 3.63) is 33.8 Å². The van der Waals surface area contributed by atoms with E-state index in [4.69, 9.17) is 0 Å². The molecule has 2 aliphatic rings. The van der Waals surface area contributed by atoms with E-state index in [0.29, 0.717) is 48.0 Å². The lowest BCUT2D eigenvalue weighted by molar-refractivity contribution is -0.132. The van der Waals surface area contributed by atoms with E-state index in [1.54, 1.807) is 30.0 Å². The normalized spacial score (nSPS) is 17.5. The van der Waals surface area contributed by atoms with E-state index in [2.05, 4.69) is 21.2 Å². The van der Waals surface area contributed by atoms with Gasteiger partial charge < -0.3 is 10.2 Å². The van der Waals surface area contributed by atoms with E-state index in [9.17, 15) is 19.2 Å². The van der Waals surface area contributed by atoms with E-state index < -0.39 is 11.8 Å². The van der Waals surface area contributed by atoms with Crippen LogP contribution in [0.15, 0.2) is 22.7 Å². The highest BCUT2D eigenvalue weighted by molar-refractivity contribution is 9.10. The number of rotatable bonds is 4. The molecule has 0 atom stereocenters. The standard InChI is InChI=1S/C18H20BrN3O4/c1-2-15(23)20-12-5-7-21(8-6-12)16(24)10-22-17(25)13-4-3-11(19)9-14(13)18(22)26/h3-4,9,12H,2,5-8,10H2,1H3,(H,20,23). The number of amides is 4. The summed E-state index contributed by atoms with van der Waals surface area (Å²) >= 11 is 3.29. The largest absolute Gasteiger partial charge is 0.353 e. The van der Waals surface area contributed by atoms with Gasteiger partial charge in [0.1, 0.15) is 6.54 Å². The quantitative estimate of drug-likeness (QED) is 0.747. The minimum Gasteiger partial charge on any atom is -0.353 e. The summed E-state index contributed by atoms with van der Waals surface area (Å²) in [5, 5.41) is 2.93. The summed E-state index contributed by atoms with van der Waals surface area (Å²) in [6, 6.07) is 4.96. The molecule has 1 aromatic carbocycles. The predicted molar refractivity (Wildman–Crippen MR) is 97.5 cm³/mol. The molecule has 8 heteroatoms. The molecule has 0 saturated carbocycles. The molecule has 0 aromatic heterocycles. The molecule has 1 aromatic rings. The van der Waals surface area contributed by atoms with Crippen LogP contribution < -0.4 is 5.32 Å². The highest BCUT2D eigenvalue weighted by Gasteiger charge is 2.37. The van der Waals surface area contributed by atoms with Crippen LogP contribution in [0.3, 0.4) is 0 Å². The number of halogens is 1. The number of nitrogens with one attached hydrogen (secondary N) is 1. The summed E-state index contributed by atoms with van der Waals surface area (Å²) in [7, 11) is 0. The third-order valence-electron chi connectivity index (χ3n) is 4.76. The smallest absolute Gasteiger partial charge is 0.262 e. The summed E-state index contributed by atoms with van der Waals surface area (Å²) in [6.07, 6.45) is 1.79. The Morgan fingerprint density at radius 3 is 2.46 bits per heavy atom. The molecule has 0 radical (unpaired) electrons. The summed E-state index contributed by atoms with van der Waals surface area (Å²) in [6.45, 7) is 2.55. The maximum absolute atomic E-state index is 12.5. The summed E-state index contributed by atoms with van der Waals surface area (Å²) in [4.78, 5) is 51.5. The molecule has 0 spiro atoms. The Labute approximate surface area is 159 Å². The maximum atomic E-state index is 12.5. The molecule has 138 valence electrons. The molecule has 1 N–H and O–H groups in total. The average Bonchev–Trinajstić information content (AvgIpc) is 2.86. The molecule has 0 aliphatic carbocycles. The van der Waals surface area contributed by atoms with Crippen LogP contribution in [0.1, 0.15) is 46.9 Å². The Balaban J connectivity index is 1.59. The van der Waals surface area contributed by atoms with Gasteiger partial charge in [0.2, 0.25) is 11.8 Å². The van der Waals surface area contributed by atoms with Crippen LogP contribution in [0.5, 0.6) is 0 Å². The van der Waals surface area contributed by atoms with Gasteiger partial charge in [-0.05, 0) is 31.0 Å². The molecular weight excluding hydrogens is 402 g/mol. The zero-order chi connectivity index (χ0) is 18.8. The van der Waals surface area contributed by atoms with Gasteiger partial charge in [-0.15, -0.1) is 0 Å². The van der Waals surface area contributed by atoms with Crippen LogP contribution in [0.4, 0.5) is 0 Å². The lowest BCUT2D eigenvalue weighted by Crippen LogP contribution is -2.49. The maximum Gasteiger partial charge on any atom is 0.262 e. The molecule has 26 heavy (non-hydrogen) atoms. The van der Waals surface area contributed by atoms with Crippen molar-refractivity contribution in [1.29, 1.82) is 0 Å². The van der Waals surface area contributed by atoms with Gasteiger partial charge in [0, 0.05) is 30.0 Å². The van der Waals surface area contributed by atoms with Crippen LogP contribution in [-0.4, -0.2) is 59.1 Å². The van der Waals surface area contributed by atoms with Gasteiger partial charge >= 0.3 is 0 Å². The lowest BCUT2D eigenvalue weighted by Gasteiger charge is -2.33.